The first-order chi connectivity index (χ1) is 17.7. The summed E-state index contributed by atoms with van der Waals surface area (Å²) < 4.78 is 40.7. The van der Waals surface area contributed by atoms with Crippen molar-refractivity contribution in [3.05, 3.63) is 40.9 Å². The van der Waals surface area contributed by atoms with E-state index >= 15 is 0 Å². The lowest BCUT2D eigenvalue weighted by Crippen LogP contribution is -2.76. The van der Waals surface area contributed by atoms with Crippen LogP contribution in [0.15, 0.2) is 34.8 Å². The Labute approximate surface area is 220 Å². The van der Waals surface area contributed by atoms with E-state index in [0.29, 0.717) is 16.4 Å². The van der Waals surface area contributed by atoms with Crippen LogP contribution in [0.25, 0.3) is 0 Å². The number of nitrogens with zero attached hydrogens (tertiary/aromatic N) is 3. The second-order valence-corrected chi connectivity index (χ2v) is 10.3. The minimum absolute atomic E-state index is 0.0121. The number of nitrogen functional groups attached to an aromatic ring is 2. The zero-order valence-electron chi connectivity index (χ0n) is 20.0. The number of anilines is 1. The van der Waals surface area contributed by atoms with Gasteiger partial charge in [0.1, 0.15) is 29.9 Å². The number of nitrogens with one attached hydrogen (secondary N) is 2. The van der Waals surface area contributed by atoms with Gasteiger partial charge in [0.25, 0.3) is 11.8 Å². The summed E-state index contributed by atoms with van der Waals surface area (Å²) in [4.78, 5) is 34.7. The van der Waals surface area contributed by atoms with E-state index in [9.17, 15) is 23.1 Å². The molecule has 2 amide bonds. The van der Waals surface area contributed by atoms with Gasteiger partial charge in [-0.25, -0.2) is 4.98 Å². The molecule has 0 saturated carbocycles. The van der Waals surface area contributed by atoms with Crippen molar-refractivity contribution in [2.45, 2.75) is 31.5 Å². The van der Waals surface area contributed by atoms with Crippen LogP contribution < -0.4 is 21.5 Å². The van der Waals surface area contributed by atoms with Crippen molar-refractivity contribution in [2.24, 2.45) is 10.9 Å². The SMILES string of the molecule is CC1(C)[C@H](NC(=O)/C(=N\OC(CO)COc2ccc(C(=N)N)cc2)c2csc(N)n2)C(=O)N1OS(=O)(=O)O. The Hall–Kier alpha value is -3.84. The molecule has 38 heavy (non-hydrogen) atoms. The molecule has 1 aliphatic rings. The molecule has 1 aliphatic heterocycles. The van der Waals surface area contributed by atoms with Gasteiger partial charge in [0.2, 0.25) is 0 Å². The van der Waals surface area contributed by atoms with Crippen LogP contribution in [0.3, 0.4) is 0 Å². The standard InChI is InChI=1S/C20H25N7O9S2/c1-20(2)15(18(30)27(20)36-38(31,32)33)25-17(29)14(13-9-37-19(23)24-13)26-35-12(7-28)8-34-11-5-3-10(4-6-11)16(21)22/h3-6,9,12,15,28H,7-8H2,1-2H3,(H3,21,22)(H2,23,24)(H,25,29)(H,31,32,33)/b26-14-/t12?,15-/m1/s1. The fourth-order valence-corrected chi connectivity index (χ4v) is 4.19. The number of aliphatic hydroxyl groups is 1. The molecule has 1 fully saturated rings. The smallest absolute Gasteiger partial charge is 0.418 e. The van der Waals surface area contributed by atoms with Crippen molar-refractivity contribution >= 4 is 50.2 Å². The van der Waals surface area contributed by atoms with Gasteiger partial charge in [-0.15, -0.1) is 15.6 Å². The van der Waals surface area contributed by atoms with Gasteiger partial charge in [0.15, 0.2) is 16.9 Å². The Morgan fingerprint density at radius 1 is 1.37 bits per heavy atom. The highest BCUT2D eigenvalue weighted by Crippen LogP contribution is 2.33. The number of amides is 2. The average molecular weight is 572 g/mol. The lowest BCUT2D eigenvalue weighted by molar-refractivity contribution is -0.218. The van der Waals surface area contributed by atoms with E-state index in [0.717, 1.165) is 11.3 Å². The van der Waals surface area contributed by atoms with Crippen LogP contribution in [0.4, 0.5) is 5.13 Å². The number of oxime groups is 1. The van der Waals surface area contributed by atoms with Crippen molar-refractivity contribution in [2.75, 3.05) is 18.9 Å². The second-order valence-electron chi connectivity index (χ2n) is 8.36. The number of amidine groups is 1. The largest absolute Gasteiger partial charge is 0.490 e. The maximum absolute atomic E-state index is 13.0. The molecule has 1 unspecified atom stereocenters. The second kappa shape index (κ2) is 11.3. The molecule has 2 atom stereocenters. The fourth-order valence-electron chi connectivity index (χ4n) is 3.18. The Bertz CT molecular complexity index is 1340. The number of thiazole rings is 1. The van der Waals surface area contributed by atoms with E-state index in [1.165, 1.54) is 19.2 Å². The lowest BCUT2D eigenvalue weighted by Gasteiger charge is -2.50. The molecule has 1 saturated heterocycles. The van der Waals surface area contributed by atoms with E-state index in [4.69, 9.17) is 31.0 Å². The molecule has 0 radical (unpaired) electrons. The molecule has 1 aromatic carbocycles. The summed E-state index contributed by atoms with van der Waals surface area (Å²) in [5.41, 5.74) is 9.83. The van der Waals surface area contributed by atoms with Gasteiger partial charge in [-0.3, -0.25) is 19.6 Å². The number of ether oxygens (including phenoxy) is 1. The molecule has 0 spiro atoms. The van der Waals surface area contributed by atoms with Gasteiger partial charge < -0.3 is 31.5 Å². The molecular formula is C20H25N7O9S2. The summed E-state index contributed by atoms with van der Waals surface area (Å²) in [7, 11) is -4.97. The third-order valence-electron chi connectivity index (χ3n) is 5.20. The van der Waals surface area contributed by atoms with E-state index in [1.54, 1.807) is 24.3 Å². The van der Waals surface area contributed by atoms with Crippen LogP contribution in [0, 0.1) is 5.41 Å². The molecular weight excluding hydrogens is 546 g/mol. The normalized spacial score (nSPS) is 17.9. The number of benzene rings is 1. The number of β-lactam (4-membered cyclic amide) rings is 1. The Morgan fingerprint density at radius 3 is 2.53 bits per heavy atom. The molecule has 3 rings (SSSR count). The van der Waals surface area contributed by atoms with E-state index in [2.05, 4.69) is 19.7 Å². The van der Waals surface area contributed by atoms with Gasteiger partial charge >= 0.3 is 10.4 Å². The number of hydrogen-bond donors (Lipinski definition) is 6. The molecule has 0 aliphatic carbocycles. The first kappa shape index (κ1) is 28.7. The van der Waals surface area contributed by atoms with Crippen LogP contribution in [-0.2, 0) is 29.1 Å². The predicted molar refractivity (Wildman–Crippen MR) is 133 cm³/mol. The first-order valence-corrected chi connectivity index (χ1v) is 12.9. The highest BCUT2D eigenvalue weighted by Gasteiger charge is 2.58. The van der Waals surface area contributed by atoms with Crippen LogP contribution in [-0.4, -0.2) is 82.4 Å². The molecule has 18 heteroatoms. The Kier molecular flexibility index (Phi) is 8.52. The number of nitrogens with two attached hydrogens (primary N) is 2. The average Bonchev–Trinajstić information content (AvgIpc) is 3.28. The van der Waals surface area contributed by atoms with Crippen LogP contribution in [0.1, 0.15) is 25.1 Å². The van der Waals surface area contributed by atoms with Crippen LogP contribution in [0.5, 0.6) is 5.75 Å². The molecule has 206 valence electrons. The monoisotopic (exact) mass is 571 g/mol. The summed E-state index contributed by atoms with van der Waals surface area (Å²) in [5, 5.41) is 25.2. The summed E-state index contributed by atoms with van der Waals surface area (Å²) in [6, 6.07) is 5.03. The van der Waals surface area contributed by atoms with Crippen molar-refractivity contribution in [1.29, 1.82) is 5.41 Å². The molecule has 8 N–H and O–H groups in total. The van der Waals surface area contributed by atoms with Gasteiger partial charge in [-0.05, 0) is 38.1 Å². The summed E-state index contributed by atoms with van der Waals surface area (Å²) in [5.74, 6) is -1.59. The lowest BCUT2D eigenvalue weighted by atomic mass is 9.84. The minimum atomic E-state index is -4.97. The number of rotatable bonds is 12. The van der Waals surface area contributed by atoms with Gasteiger partial charge in [-0.2, -0.15) is 13.5 Å². The number of aliphatic hydroxyl groups excluding tert-OH is 1. The zero-order chi connectivity index (χ0) is 28.3. The third kappa shape index (κ3) is 6.72. The molecule has 2 heterocycles. The quantitative estimate of drug-likeness (QED) is 0.0590. The molecule has 1 aromatic heterocycles. The molecule has 0 bridgehead atoms. The zero-order valence-corrected chi connectivity index (χ0v) is 21.7. The topological polar surface area (TPSA) is 253 Å². The number of hydrogen-bond acceptors (Lipinski definition) is 13. The van der Waals surface area contributed by atoms with E-state index in [-0.39, 0.29) is 29.0 Å². The van der Waals surface area contributed by atoms with Crippen LogP contribution >= 0.6 is 11.3 Å². The third-order valence-corrected chi connectivity index (χ3v) is 6.21. The van der Waals surface area contributed by atoms with Crippen molar-refractivity contribution in [3.63, 3.8) is 0 Å². The van der Waals surface area contributed by atoms with Crippen molar-refractivity contribution in [1.82, 2.24) is 15.4 Å². The Balaban J connectivity index is 1.72. The number of aromatic nitrogens is 1. The molecule has 2 aromatic rings. The minimum Gasteiger partial charge on any atom is -0.490 e. The maximum Gasteiger partial charge on any atom is 0.418 e. The molecule has 16 nitrogen and oxygen atoms in total. The van der Waals surface area contributed by atoms with E-state index < -0.39 is 46.5 Å². The van der Waals surface area contributed by atoms with Gasteiger partial charge in [-0.1, -0.05) is 5.16 Å². The number of hydroxylamine groups is 2. The van der Waals surface area contributed by atoms with Crippen LogP contribution in [0.2, 0.25) is 0 Å². The first-order valence-electron chi connectivity index (χ1n) is 10.7. The highest BCUT2D eigenvalue weighted by atomic mass is 32.3. The van der Waals surface area contributed by atoms with Crippen molar-refractivity contribution < 1.29 is 41.5 Å². The summed E-state index contributed by atoms with van der Waals surface area (Å²) in [6.07, 6.45) is -1.03. The number of carbonyl (C=O) groups excluding carboxylic acids is 2. The van der Waals surface area contributed by atoms with Crippen molar-refractivity contribution in [3.8, 4) is 5.75 Å². The summed E-state index contributed by atoms with van der Waals surface area (Å²) >= 11 is 1.01. The van der Waals surface area contributed by atoms with E-state index in [1.807, 2.05) is 0 Å². The Morgan fingerprint density at radius 2 is 2.03 bits per heavy atom. The number of carbonyl (C=O) groups is 2. The maximum atomic E-state index is 13.0. The fraction of sp³-hybridized carbons (Fsp3) is 0.350. The highest BCUT2D eigenvalue weighted by molar-refractivity contribution is 7.80. The van der Waals surface area contributed by atoms with Gasteiger partial charge in [0, 0.05) is 10.9 Å². The van der Waals surface area contributed by atoms with Gasteiger partial charge in [0.05, 0.1) is 12.1 Å². The summed E-state index contributed by atoms with van der Waals surface area (Å²) in [6.45, 7) is 2.06. The predicted octanol–water partition coefficient (Wildman–Crippen LogP) is -0.990.